The van der Waals surface area contributed by atoms with Crippen LogP contribution < -0.4 is 19.5 Å². The zero-order valence-electron chi connectivity index (χ0n) is 12.6. The number of amides is 1. The van der Waals surface area contributed by atoms with Crippen molar-refractivity contribution in [3.05, 3.63) is 18.2 Å². The van der Waals surface area contributed by atoms with Crippen molar-refractivity contribution in [2.45, 2.75) is 30.2 Å². The number of sulfonamides is 1. The summed E-state index contributed by atoms with van der Waals surface area (Å²) >= 11 is 0. The number of hydrogen-bond donors (Lipinski definition) is 2. The SMILES string of the molecule is COc1ccc(S(=O)(=O)N[C@H]2CCCCNC2=O)cc1OC. The zero-order chi connectivity index (χ0) is 16.2. The van der Waals surface area contributed by atoms with Gasteiger partial charge in [0.05, 0.1) is 19.1 Å². The molecule has 0 aliphatic carbocycles. The van der Waals surface area contributed by atoms with Gasteiger partial charge in [-0.25, -0.2) is 8.42 Å². The first kappa shape index (κ1) is 16.6. The third-order valence-corrected chi connectivity index (χ3v) is 4.97. The van der Waals surface area contributed by atoms with Crippen molar-refractivity contribution in [3.8, 4) is 11.5 Å². The standard InChI is InChI=1S/C14H20N2O5S/c1-20-12-7-6-10(9-13(12)21-2)22(18,19)16-11-5-3-4-8-15-14(11)17/h6-7,9,11,16H,3-5,8H2,1-2H3,(H,15,17)/t11-/m0/s1. The van der Waals surface area contributed by atoms with E-state index < -0.39 is 16.1 Å². The van der Waals surface area contributed by atoms with Gasteiger partial charge in [-0.1, -0.05) is 0 Å². The van der Waals surface area contributed by atoms with Crippen LogP contribution in [0, 0.1) is 0 Å². The van der Waals surface area contributed by atoms with Crippen LogP contribution in [0.4, 0.5) is 0 Å². The zero-order valence-corrected chi connectivity index (χ0v) is 13.4. The molecule has 22 heavy (non-hydrogen) atoms. The molecule has 1 aromatic rings. The highest BCUT2D eigenvalue weighted by molar-refractivity contribution is 7.89. The third-order valence-electron chi connectivity index (χ3n) is 3.50. The highest BCUT2D eigenvalue weighted by Crippen LogP contribution is 2.29. The molecule has 122 valence electrons. The quantitative estimate of drug-likeness (QED) is 0.828. The molecule has 1 aliphatic heterocycles. The van der Waals surface area contributed by atoms with Crippen LogP contribution in [0.5, 0.6) is 11.5 Å². The van der Waals surface area contributed by atoms with Crippen LogP contribution in [-0.4, -0.2) is 41.1 Å². The van der Waals surface area contributed by atoms with Gasteiger partial charge in [-0.2, -0.15) is 4.72 Å². The lowest BCUT2D eigenvalue weighted by atomic mass is 10.1. The molecule has 2 N–H and O–H groups in total. The molecule has 1 aliphatic rings. The van der Waals surface area contributed by atoms with Crippen molar-refractivity contribution in [2.75, 3.05) is 20.8 Å². The maximum Gasteiger partial charge on any atom is 0.241 e. The van der Waals surface area contributed by atoms with Gasteiger partial charge < -0.3 is 14.8 Å². The van der Waals surface area contributed by atoms with Gasteiger partial charge in [0.15, 0.2) is 11.5 Å². The van der Waals surface area contributed by atoms with Gasteiger partial charge in [-0.3, -0.25) is 4.79 Å². The molecule has 0 spiro atoms. The average Bonchev–Trinajstić information content (AvgIpc) is 2.71. The van der Waals surface area contributed by atoms with Gasteiger partial charge in [-0.05, 0) is 31.4 Å². The van der Waals surface area contributed by atoms with Crippen LogP contribution >= 0.6 is 0 Å². The smallest absolute Gasteiger partial charge is 0.241 e. The van der Waals surface area contributed by atoms with E-state index in [-0.39, 0.29) is 10.8 Å². The van der Waals surface area contributed by atoms with E-state index in [0.29, 0.717) is 24.5 Å². The Labute approximate surface area is 130 Å². The molecule has 0 radical (unpaired) electrons. The first-order valence-corrected chi connectivity index (χ1v) is 8.48. The molecule has 1 atom stereocenters. The molecule has 1 aromatic carbocycles. The summed E-state index contributed by atoms with van der Waals surface area (Å²) in [6, 6.07) is 3.55. The Bertz CT molecular complexity index is 645. The molecule has 7 nitrogen and oxygen atoms in total. The van der Waals surface area contributed by atoms with Gasteiger partial charge >= 0.3 is 0 Å². The van der Waals surface area contributed by atoms with Gasteiger partial charge in [0.1, 0.15) is 6.04 Å². The van der Waals surface area contributed by atoms with E-state index in [2.05, 4.69) is 10.0 Å². The number of ether oxygens (including phenoxy) is 2. The average molecular weight is 328 g/mol. The minimum Gasteiger partial charge on any atom is -0.493 e. The predicted molar refractivity (Wildman–Crippen MR) is 80.5 cm³/mol. The highest BCUT2D eigenvalue weighted by atomic mass is 32.2. The Morgan fingerprint density at radius 3 is 2.59 bits per heavy atom. The highest BCUT2D eigenvalue weighted by Gasteiger charge is 2.27. The fourth-order valence-electron chi connectivity index (χ4n) is 2.29. The van der Waals surface area contributed by atoms with E-state index in [1.807, 2.05) is 0 Å². The van der Waals surface area contributed by atoms with Crippen LogP contribution in [0.2, 0.25) is 0 Å². The lowest BCUT2D eigenvalue weighted by Crippen LogP contribution is -2.45. The van der Waals surface area contributed by atoms with E-state index >= 15 is 0 Å². The Balaban J connectivity index is 2.24. The van der Waals surface area contributed by atoms with E-state index in [1.54, 1.807) is 0 Å². The molecule has 1 heterocycles. The summed E-state index contributed by atoms with van der Waals surface area (Å²) in [7, 11) is -0.910. The number of nitrogens with one attached hydrogen (secondary N) is 2. The Morgan fingerprint density at radius 1 is 1.18 bits per heavy atom. The van der Waals surface area contributed by atoms with E-state index in [1.165, 1.54) is 32.4 Å². The molecular weight excluding hydrogens is 308 g/mol. The number of hydrogen-bond acceptors (Lipinski definition) is 5. The number of carbonyl (C=O) groups excluding carboxylic acids is 1. The first-order valence-electron chi connectivity index (χ1n) is 7.00. The van der Waals surface area contributed by atoms with Crippen LogP contribution in [0.15, 0.2) is 23.1 Å². The third kappa shape index (κ3) is 3.69. The Kier molecular flexibility index (Phi) is 5.25. The van der Waals surface area contributed by atoms with E-state index in [4.69, 9.17) is 9.47 Å². The molecule has 1 amide bonds. The molecule has 0 aromatic heterocycles. The van der Waals surface area contributed by atoms with E-state index in [9.17, 15) is 13.2 Å². The van der Waals surface area contributed by atoms with Crippen LogP contribution in [0.1, 0.15) is 19.3 Å². The molecule has 0 saturated carbocycles. The molecule has 0 bridgehead atoms. The summed E-state index contributed by atoms with van der Waals surface area (Å²) < 4.78 is 37.5. The topological polar surface area (TPSA) is 93.7 Å². The summed E-state index contributed by atoms with van der Waals surface area (Å²) in [4.78, 5) is 11.9. The number of benzene rings is 1. The summed E-state index contributed by atoms with van der Waals surface area (Å²) in [5.74, 6) is 0.464. The van der Waals surface area contributed by atoms with Crippen LogP contribution in [-0.2, 0) is 14.8 Å². The van der Waals surface area contributed by atoms with Crippen molar-refractivity contribution in [2.24, 2.45) is 0 Å². The number of carbonyl (C=O) groups is 1. The summed E-state index contributed by atoms with van der Waals surface area (Å²) in [6.07, 6.45) is 2.12. The maximum absolute atomic E-state index is 12.4. The fourth-order valence-corrected chi connectivity index (χ4v) is 3.54. The van der Waals surface area contributed by atoms with Gasteiger partial charge in [0, 0.05) is 12.6 Å². The van der Waals surface area contributed by atoms with Gasteiger partial charge in [0.25, 0.3) is 0 Å². The summed E-state index contributed by atoms with van der Waals surface area (Å²) in [5, 5.41) is 2.70. The molecule has 1 fully saturated rings. The predicted octanol–water partition coefficient (Wildman–Crippen LogP) is 0.651. The van der Waals surface area contributed by atoms with Gasteiger partial charge in [0.2, 0.25) is 15.9 Å². The lowest BCUT2D eigenvalue weighted by Gasteiger charge is -2.16. The van der Waals surface area contributed by atoms with Crippen molar-refractivity contribution < 1.29 is 22.7 Å². The molecule has 8 heteroatoms. The second-order valence-corrected chi connectivity index (χ2v) is 6.69. The van der Waals surface area contributed by atoms with Gasteiger partial charge in [-0.15, -0.1) is 0 Å². The van der Waals surface area contributed by atoms with Crippen LogP contribution in [0.25, 0.3) is 0 Å². The number of methoxy groups -OCH3 is 2. The molecular formula is C14H20N2O5S. The minimum atomic E-state index is -3.81. The second kappa shape index (κ2) is 6.97. The Hall–Kier alpha value is -1.80. The monoisotopic (exact) mass is 328 g/mol. The van der Waals surface area contributed by atoms with Crippen LogP contribution in [0.3, 0.4) is 0 Å². The van der Waals surface area contributed by atoms with Crippen molar-refractivity contribution in [1.82, 2.24) is 10.0 Å². The normalized spacial score (nSPS) is 19.2. The Morgan fingerprint density at radius 2 is 1.91 bits per heavy atom. The second-order valence-electron chi connectivity index (χ2n) is 4.98. The minimum absolute atomic E-state index is 0.0298. The fraction of sp³-hybridized carbons (Fsp3) is 0.500. The maximum atomic E-state index is 12.4. The lowest BCUT2D eigenvalue weighted by molar-refractivity contribution is -0.122. The molecule has 2 rings (SSSR count). The van der Waals surface area contributed by atoms with Crippen molar-refractivity contribution in [1.29, 1.82) is 0 Å². The first-order chi connectivity index (χ1) is 10.5. The molecule has 0 unspecified atom stereocenters. The van der Waals surface area contributed by atoms with Crippen molar-refractivity contribution in [3.63, 3.8) is 0 Å². The largest absolute Gasteiger partial charge is 0.493 e. The summed E-state index contributed by atoms with van der Waals surface area (Å²) in [5.41, 5.74) is 0. The molecule has 1 saturated heterocycles. The number of rotatable bonds is 5. The van der Waals surface area contributed by atoms with E-state index in [0.717, 1.165) is 12.8 Å². The van der Waals surface area contributed by atoms with Crippen molar-refractivity contribution >= 4 is 15.9 Å². The summed E-state index contributed by atoms with van der Waals surface area (Å²) in [6.45, 7) is 0.577.